The van der Waals surface area contributed by atoms with E-state index in [4.69, 9.17) is 9.26 Å². The van der Waals surface area contributed by atoms with E-state index in [9.17, 15) is 4.79 Å². The van der Waals surface area contributed by atoms with Crippen LogP contribution < -0.4 is 10.3 Å². The SMILES string of the molecule is CC.CC.COc1cc2c([nH]c3cc[nH]c(=O)c32)c(F)c1-c1c(C)noc1C. The predicted molar refractivity (Wildman–Crippen MR) is 111 cm³/mol. The lowest BCUT2D eigenvalue weighted by Crippen LogP contribution is -2.03. The summed E-state index contributed by atoms with van der Waals surface area (Å²) in [4.78, 5) is 17.7. The Balaban J connectivity index is 0.000000660. The van der Waals surface area contributed by atoms with Crippen LogP contribution in [0.5, 0.6) is 5.75 Å². The molecule has 0 aliphatic heterocycles. The maximum Gasteiger partial charge on any atom is 0.258 e. The largest absolute Gasteiger partial charge is 0.496 e. The van der Waals surface area contributed by atoms with Gasteiger partial charge in [0, 0.05) is 11.6 Å². The van der Waals surface area contributed by atoms with Gasteiger partial charge in [0.2, 0.25) is 0 Å². The zero-order chi connectivity index (χ0) is 21.0. The van der Waals surface area contributed by atoms with Crippen molar-refractivity contribution in [3.8, 4) is 16.9 Å². The highest BCUT2D eigenvalue weighted by molar-refractivity contribution is 6.09. The van der Waals surface area contributed by atoms with Crippen molar-refractivity contribution in [3.63, 3.8) is 0 Å². The van der Waals surface area contributed by atoms with E-state index < -0.39 is 5.82 Å². The van der Waals surface area contributed by atoms with Crippen LogP contribution in [0.4, 0.5) is 4.39 Å². The number of methoxy groups -OCH3 is 1. The zero-order valence-electron chi connectivity index (χ0n) is 17.3. The Morgan fingerprint density at radius 1 is 1.14 bits per heavy atom. The quantitative estimate of drug-likeness (QED) is 0.477. The Kier molecular flexibility index (Phi) is 6.62. The first-order valence-corrected chi connectivity index (χ1v) is 9.35. The van der Waals surface area contributed by atoms with E-state index in [0.717, 1.165) is 0 Å². The standard InChI is InChI=1S/C17H14FN3O3.2C2H6/c1-7-12(8(2)24-21-7)14-11(23-3)6-9-13-10(4-5-19-17(13)22)20-16(9)15(14)18;2*1-2/h4-6,20H,1-3H3,(H,19,22);2*1-2H3. The average Bonchev–Trinajstić information content (AvgIpc) is 3.26. The van der Waals surface area contributed by atoms with Crippen molar-refractivity contribution in [1.82, 2.24) is 15.1 Å². The number of aromatic nitrogens is 3. The third kappa shape index (κ3) is 3.28. The lowest BCUT2D eigenvalue weighted by Gasteiger charge is -2.10. The molecule has 7 heteroatoms. The summed E-state index contributed by atoms with van der Waals surface area (Å²) in [7, 11) is 1.46. The van der Waals surface area contributed by atoms with Gasteiger partial charge in [-0.05, 0) is 26.0 Å². The van der Waals surface area contributed by atoms with Crippen molar-refractivity contribution >= 4 is 21.8 Å². The van der Waals surface area contributed by atoms with Crippen LogP contribution >= 0.6 is 0 Å². The van der Waals surface area contributed by atoms with Crippen molar-refractivity contribution in [3.05, 3.63) is 46.0 Å². The molecule has 0 atom stereocenters. The molecular formula is C21H26FN3O3. The van der Waals surface area contributed by atoms with E-state index in [-0.39, 0.29) is 16.6 Å². The Hall–Kier alpha value is -3.09. The molecule has 150 valence electrons. The van der Waals surface area contributed by atoms with Crippen LogP contribution in [0.2, 0.25) is 0 Å². The van der Waals surface area contributed by atoms with Gasteiger partial charge in [-0.25, -0.2) is 4.39 Å². The van der Waals surface area contributed by atoms with Gasteiger partial charge in [0.25, 0.3) is 5.56 Å². The summed E-state index contributed by atoms with van der Waals surface area (Å²) in [5, 5.41) is 4.75. The molecule has 0 radical (unpaired) electrons. The molecule has 0 bridgehead atoms. The molecule has 0 fully saturated rings. The minimum atomic E-state index is -0.505. The second-order valence-corrected chi connectivity index (χ2v) is 5.61. The van der Waals surface area contributed by atoms with Crippen LogP contribution in [0.25, 0.3) is 32.9 Å². The molecule has 0 amide bonds. The molecule has 0 saturated carbocycles. The lowest BCUT2D eigenvalue weighted by atomic mass is 10.00. The molecule has 0 saturated heterocycles. The Morgan fingerprint density at radius 2 is 1.82 bits per heavy atom. The number of halogens is 1. The zero-order valence-corrected chi connectivity index (χ0v) is 17.3. The number of ether oxygens (including phenoxy) is 1. The molecule has 4 aromatic rings. The summed E-state index contributed by atoms with van der Waals surface area (Å²) >= 11 is 0. The van der Waals surface area contributed by atoms with Crippen molar-refractivity contribution in [1.29, 1.82) is 0 Å². The van der Waals surface area contributed by atoms with Crippen molar-refractivity contribution in [2.45, 2.75) is 41.5 Å². The first kappa shape index (κ1) is 21.2. The van der Waals surface area contributed by atoms with E-state index in [0.29, 0.717) is 39.1 Å². The molecule has 0 aliphatic rings. The summed E-state index contributed by atoms with van der Waals surface area (Å²) in [5.41, 5.74) is 1.91. The number of aromatic amines is 2. The van der Waals surface area contributed by atoms with Gasteiger partial charge in [-0.2, -0.15) is 0 Å². The van der Waals surface area contributed by atoms with Gasteiger partial charge in [0.15, 0.2) is 5.82 Å². The van der Waals surface area contributed by atoms with Gasteiger partial charge >= 0.3 is 0 Å². The monoisotopic (exact) mass is 387 g/mol. The summed E-state index contributed by atoms with van der Waals surface area (Å²) in [6, 6.07) is 3.35. The highest BCUT2D eigenvalue weighted by Gasteiger charge is 2.24. The van der Waals surface area contributed by atoms with Gasteiger partial charge in [-0.1, -0.05) is 32.9 Å². The number of nitrogens with zero attached hydrogens (tertiary/aromatic N) is 1. The number of H-pyrrole nitrogens is 2. The number of pyridine rings is 1. The van der Waals surface area contributed by atoms with E-state index in [2.05, 4.69) is 15.1 Å². The number of nitrogens with one attached hydrogen (secondary N) is 2. The van der Waals surface area contributed by atoms with Crippen molar-refractivity contribution < 1.29 is 13.7 Å². The van der Waals surface area contributed by atoms with Crippen molar-refractivity contribution in [2.75, 3.05) is 7.11 Å². The smallest absolute Gasteiger partial charge is 0.258 e. The van der Waals surface area contributed by atoms with E-state index in [1.165, 1.54) is 13.3 Å². The van der Waals surface area contributed by atoms with Crippen LogP contribution in [0.1, 0.15) is 39.1 Å². The Labute approximate surface area is 162 Å². The van der Waals surface area contributed by atoms with Crippen LogP contribution in [0, 0.1) is 19.7 Å². The summed E-state index contributed by atoms with van der Waals surface area (Å²) in [6.45, 7) is 11.5. The van der Waals surface area contributed by atoms with Crippen LogP contribution in [0.15, 0.2) is 27.6 Å². The number of hydrogen-bond donors (Lipinski definition) is 2. The third-order valence-corrected chi connectivity index (χ3v) is 4.22. The minimum Gasteiger partial charge on any atom is -0.496 e. The number of fused-ring (bicyclic) bond motifs is 3. The first-order valence-electron chi connectivity index (χ1n) is 9.35. The van der Waals surface area contributed by atoms with Gasteiger partial charge < -0.3 is 19.2 Å². The maximum atomic E-state index is 15.3. The highest BCUT2D eigenvalue weighted by atomic mass is 19.1. The molecular weight excluding hydrogens is 361 g/mol. The highest BCUT2D eigenvalue weighted by Crippen LogP contribution is 2.41. The molecule has 3 heterocycles. The normalized spacial score (nSPS) is 10.3. The molecule has 4 rings (SSSR count). The number of aryl methyl sites for hydroxylation is 2. The van der Waals surface area contributed by atoms with Gasteiger partial charge in [0.1, 0.15) is 11.5 Å². The van der Waals surface area contributed by atoms with Crippen LogP contribution in [0.3, 0.4) is 0 Å². The third-order valence-electron chi connectivity index (χ3n) is 4.22. The fourth-order valence-corrected chi connectivity index (χ4v) is 3.16. The number of rotatable bonds is 2. The molecule has 28 heavy (non-hydrogen) atoms. The molecule has 3 aromatic heterocycles. The summed E-state index contributed by atoms with van der Waals surface area (Å²) in [6.07, 6.45) is 1.52. The van der Waals surface area contributed by atoms with Gasteiger partial charge in [-0.15, -0.1) is 0 Å². The van der Waals surface area contributed by atoms with Crippen LogP contribution in [-0.4, -0.2) is 22.2 Å². The Bertz CT molecular complexity index is 1140. The second kappa shape index (κ2) is 8.73. The van der Waals surface area contributed by atoms with E-state index >= 15 is 4.39 Å². The van der Waals surface area contributed by atoms with Crippen molar-refractivity contribution in [2.24, 2.45) is 0 Å². The summed E-state index contributed by atoms with van der Waals surface area (Å²) in [5.74, 6) is 0.311. The minimum absolute atomic E-state index is 0.248. The van der Waals surface area contributed by atoms with Gasteiger partial charge in [0.05, 0.1) is 40.4 Å². The molecule has 2 N–H and O–H groups in total. The maximum absolute atomic E-state index is 15.3. The molecule has 1 aromatic carbocycles. The molecule has 0 unspecified atom stereocenters. The number of hydrogen-bond acceptors (Lipinski definition) is 4. The van der Waals surface area contributed by atoms with Gasteiger partial charge in [-0.3, -0.25) is 4.79 Å². The van der Waals surface area contributed by atoms with Crippen LogP contribution in [-0.2, 0) is 0 Å². The van der Waals surface area contributed by atoms with E-state index in [1.54, 1.807) is 26.0 Å². The fourth-order valence-electron chi connectivity index (χ4n) is 3.16. The predicted octanol–water partition coefficient (Wildman–Crippen LogP) is 5.48. The molecule has 0 spiro atoms. The molecule has 6 nitrogen and oxygen atoms in total. The summed E-state index contributed by atoms with van der Waals surface area (Å²) < 4.78 is 25.9. The topological polar surface area (TPSA) is 83.9 Å². The number of benzene rings is 1. The van der Waals surface area contributed by atoms with E-state index in [1.807, 2.05) is 27.7 Å². The lowest BCUT2D eigenvalue weighted by molar-refractivity contribution is 0.393. The fraction of sp³-hybridized carbons (Fsp3) is 0.333. The average molecular weight is 387 g/mol. The first-order chi connectivity index (χ1) is 13.5. The Morgan fingerprint density at radius 3 is 2.39 bits per heavy atom. The second-order valence-electron chi connectivity index (χ2n) is 5.61. The molecule has 0 aliphatic carbocycles.